The van der Waals surface area contributed by atoms with Gasteiger partial charge in [-0.1, -0.05) is 6.07 Å². The molecule has 150 valence electrons. The van der Waals surface area contributed by atoms with E-state index in [4.69, 9.17) is 4.74 Å². The van der Waals surface area contributed by atoms with Gasteiger partial charge in [0, 0.05) is 17.2 Å². The summed E-state index contributed by atoms with van der Waals surface area (Å²) in [6.45, 7) is 0.705. The smallest absolute Gasteiger partial charge is 0.352 e. The molecular formula is C19H22N2O5S2. The monoisotopic (exact) mass is 422 g/mol. The SMILES string of the molecule is O=C(Cc1cccs1)NC1C(=O)N2C(C(=O)O)=C(CC3CCCCO3)CS[C@@H]12. The number of aliphatic carboxylic acids is 1. The number of β-lactam (4-membered cyclic amide) rings is 1. The normalized spacial score (nSPS) is 27.2. The molecule has 0 radical (unpaired) electrons. The van der Waals surface area contributed by atoms with Crippen molar-refractivity contribution in [2.24, 2.45) is 0 Å². The summed E-state index contributed by atoms with van der Waals surface area (Å²) >= 11 is 3.00. The highest BCUT2D eigenvalue weighted by atomic mass is 32.2. The maximum absolute atomic E-state index is 12.7. The van der Waals surface area contributed by atoms with E-state index in [1.807, 2.05) is 17.5 Å². The van der Waals surface area contributed by atoms with E-state index in [1.165, 1.54) is 28.0 Å². The van der Waals surface area contributed by atoms with Crippen LogP contribution in [0.4, 0.5) is 0 Å². The highest BCUT2D eigenvalue weighted by molar-refractivity contribution is 8.00. The van der Waals surface area contributed by atoms with Crippen LogP contribution in [0.25, 0.3) is 0 Å². The van der Waals surface area contributed by atoms with Crippen LogP contribution in [-0.4, -0.2) is 57.7 Å². The molecule has 2 fully saturated rings. The molecule has 4 heterocycles. The summed E-state index contributed by atoms with van der Waals surface area (Å²) in [6.07, 6.45) is 3.82. The van der Waals surface area contributed by atoms with Gasteiger partial charge < -0.3 is 15.2 Å². The Kier molecular flexibility index (Phi) is 5.75. The zero-order valence-electron chi connectivity index (χ0n) is 15.3. The molecule has 1 aromatic rings. The van der Waals surface area contributed by atoms with Gasteiger partial charge in [0.05, 0.1) is 12.5 Å². The first kappa shape index (κ1) is 19.5. The van der Waals surface area contributed by atoms with Crippen molar-refractivity contribution in [2.45, 2.75) is 49.6 Å². The van der Waals surface area contributed by atoms with Crippen molar-refractivity contribution in [1.29, 1.82) is 0 Å². The van der Waals surface area contributed by atoms with Gasteiger partial charge in [0.1, 0.15) is 17.1 Å². The highest BCUT2D eigenvalue weighted by Gasteiger charge is 2.54. The standard InChI is InChI=1S/C19H22N2O5S2/c22-14(9-13-5-3-7-27-13)20-15-17(23)21-16(19(24)25)11(10-28-18(15)21)8-12-4-1-2-6-26-12/h3,5,7,12,15,18H,1-2,4,6,8-10H2,(H,20,22)(H,24,25)/t12?,15?,18-/m0/s1. The third kappa shape index (κ3) is 3.83. The topological polar surface area (TPSA) is 95.9 Å². The first-order chi connectivity index (χ1) is 13.5. The van der Waals surface area contributed by atoms with E-state index < -0.39 is 12.0 Å². The molecule has 0 aliphatic carbocycles. The number of carbonyl (C=O) groups excluding carboxylic acids is 2. The van der Waals surface area contributed by atoms with Crippen molar-refractivity contribution >= 4 is 40.9 Å². The lowest BCUT2D eigenvalue weighted by Crippen LogP contribution is -2.70. The third-order valence-electron chi connectivity index (χ3n) is 5.23. The molecule has 4 rings (SSSR count). The lowest BCUT2D eigenvalue weighted by atomic mass is 9.97. The summed E-state index contributed by atoms with van der Waals surface area (Å²) in [4.78, 5) is 39.1. The van der Waals surface area contributed by atoms with Gasteiger partial charge in [-0.2, -0.15) is 0 Å². The predicted octanol–water partition coefficient (Wildman–Crippen LogP) is 1.99. The predicted molar refractivity (Wildman–Crippen MR) is 106 cm³/mol. The number of amides is 2. The van der Waals surface area contributed by atoms with Crippen LogP contribution in [0.15, 0.2) is 28.8 Å². The maximum Gasteiger partial charge on any atom is 0.352 e. The van der Waals surface area contributed by atoms with Crippen molar-refractivity contribution in [3.8, 4) is 0 Å². The van der Waals surface area contributed by atoms with Gasteiger partial charge in [0.2, 0.25) is 5.91 Å². The number of carboxylic acids is 1. The second kappa shape index (κ2) is 8.26. The van der Waals surface area contributed by atoms with E-state index in [9.17, 15) is 19.5 Å². The molecule has 3 aliphatic heterocycles. The van der Waals surface area contributed by atoms with Gasteiger partial charge in [0.15, 0.2) is 0 Å². The largest absolute Gasteiger partial charge is 0.477 e. The Hall–Kier alpha value is -1.84. The number of carboxylic acid groups (broad SMARTS) is 1. The molecular weight excluding hydrogens is 400 g/mol. The molecule has 2 amide bonds. The van der Waals surface area contributed by atoms with Gasteiger partial charge in [0.25, 0.3) is 5.91 Å². The van der Waals surface area contributed by atoms with Gasteiger partial charge in [-0.3, -0.25) is 14.5 Å². The van der Waals surface area contributed by atoms with E-state index in [0.717, 1.165) is 29.7 Å². The van der Waals surface area contributed by atoms with Crippen molar-refractivity contribution in [3.63, 3.8) is 0 Å². The number of nitrogens with one attached hydrogen (secondary N) is 1. The van der Waals surface area contributed by atoms with Crippen LogP contribution >= 0.6 is 23.1 Å². The van der Waals surface area contributed by atoms with E-state index >= 15 is 0 Å². The highest BCUT2D eigenvalue weighted by Crippen LogP contribution is 2.42. The maximum atomic E-state index is 12.7. The van der Waals surface area contributed by atoms with Crippen LogP contribution in [0, 0.1) is 0 Å². The summed E-state index contributed by atoms with van der Waals surface area (Å²) in [5.41, 5.74) is 0.823. The Bertz CT molecular complexity index is 801. The van der Waals surface area contributed by atoms with E-state index in [-0.39, 0.29) is 35.4 Å². The third-order valence-corrected chi connectivity index (χ3v) is 7.45. The molecule has 2 N–H and O–H groups in total. The molecule has 2 saturated heterocycles. The van der Waals surface area contributed by atoms with Crippen LogP contribution < -0.4 is 5.32 Å². The first-order valence-electron chi connectivity index (χ1n) is 9.38. The molecule has 0 spiro atoms. The molecule has 28 heavy (non-hydrogen) atoms. The number of rotatable bonds is 6. The van der Waals surface area contributed by atoms with Crippen LogP contribution in [0.2, 0.25) is 0 Å². The Labute approximate surface area is 171 Å². The number of thioether (sulfide) groups is 1. The zero-order chi connectivity index (χ0) is 19.7. The Morgan fingerprint density at radius 3 is 2.89 bits per heavy atom. The summed E-state index contributed by atoms with van der Waals surface area (Å²) in [5, 5.41) is 14.0. The Balaban J connectivity index is 1.44. The van der Waals surface area contributed by atoms with E-state index in [1.54, 1.807) is 0 Å². The lowest BCUT2D eigenvalue weighted by molar-refractivity contribution is -0.150. The molecule has 0 bridgehead atoms. The van der Waals surface area contributed by atoms with Gasteiger partial charge >= 0.3 is 5.97 Å². The first-order valence-corrected chi connectivity index (χ1v) is 11.3. The van der Waals surface area contributed by atoms with Crippen LogP contribution in [0.3, 0.4) is 0 Å². The molecule has 3 atom stereocenters. The number of carbonyl (C=O) groups is 3. The number of fused-ring (bicyclic) bond motifs is 1. The number of hydrogen-bond acceptors (Lipinski definition) is 6. The fraction of sp³-hybridized carbons (Fsp3) is 0.526. The van der Waals surface area contributed by atoms with Crippen molar-refractivity contribution in [3.05, 3.63) is 33.7 Å². The lowest BCUT2D eigenvalue weighted by Gasteiger charge is -2.49. The van der Waals surface area contributed by atoms with Crippen molar-refractivity contribution < 1.29 is 24.2 Å². The molecule has 0 aromatic carbocycles. The van der Waals surface area contributed by atoms with E-state index in [0.29, 0.717) is 18.8 Å². The minimum Gasteiger partial charge on any atom is -0.477 e. The van der Waals surface area contributed by atoms with Crippen LogP contribution in [-0.2, 0) is 25.5 Å². The molecule has 7 nitrogen and oxygen atoms in total. The van der Waals surface area contributed by atoms with Gasteiger partial charge in [-0.15, -0.1) is 23.1 Å². The summed E-state index contributed by atoms with van der Waals surface area (Å²) in [6, 6.07) is 3.08. The molecule has 3 aliphatic rings. The molecule has 0 saturated carbocycles. The molecule has 9 heteroatoms. The number of ether oxygens (including phenoxy) is 1. The average Bonchev–Trinajstić information content (AvgIpc) is 3.19. The second-order valence-electron chi connectivity index (χ2n) is 7.16. The molecule has 2 unspecified atom stereocenters. The summed E-state index contributed by atoms with van der Waals surface area (Å²) in [7, 11) is 0. The fourth-order valence-corrected chi connectivity index (χ4v) is 5.94. The average molecular weight is 423 g/mol. The van der Waals surface area contributed by atoms with Crippen molar-refractivity contribution in [2.75, 3.05) is 12.4 Å². The number of thiophene rings is 1. The van der Waals surface area contributed by atoms with Crippen molar-refractivity contribution in [1.82, 2.24) is 10.2 Å². The Morgan fingerprint density at radius 2 is 2.21 bits per heavy atom. The minimum absolute atomic E-state index is 0.0212. The Morgan fingerprint density at radius 1 is 1.36 bits per heavy atom. The summed E-state index contributed by atoms with van der Waals surface area (Å²) < 4.78 is 5.74. The fourth-order valence-electron chi connectivity index (χ4n) is 3.88. The zero-order valence-corrected chi connectivity index (χ0v) is 16.9. The minimum atomic E-state index is -1.09. The molecule has 1 aromatic heterocycles. The number of hydrogen-bond donors (Lipinski definition) is 2. The van der Waals surface area contributed by atoms with Crippen LogP contribution in [0.1, 0.15) is 30.6 Å². The number of nitrogens with zero attached hydrogens (tertiary/aromatic N) is 1. The van der Waals surface area contributed by atoms with E-state index in [2.05, 4.69) is 5.32 Å². The summed E-state index contributed by atoms with van der Waals surface area (Å²) in [5.74, 6) is -1.12. The van der Waals surface area contributed by atoms with Gasteiger partial charge in [-0.05, 0) is 42.7 Å². The quantitative estimate of drug-likeness (QED) is 0.681. The van der Waals surface area contributed by atoms with Gasteiger partial charge in [-0.25, -0.2) is 4.79 Å². The second-order valence-corrected chi connectivity index (χ2v) is 9.30. The van der Waals surface area contributed by atoms with Crippen LogP contribution in [0.5, 0.6) is 0 Å².